The molecule has 1 aliphatic carbocycles. The summed E-state index contributed by atoms with van der Waals surface area (Å²) in [5.41, 5.74) is -0.463. The van der Waals surface area contributed by atoms with Crippen molar-refractivity contribution < 1.29 is 9.84 Å². The fraction of sp³-hybridized carbons (Fsp3) is 1.00. The number of nitrogens with one attached hydrogen (secondary N) is 1. The minimum absolute atomic E-state index is 0.463. The second kappa shape index (κ2) is 8.89. The summed E-state index contributed by atoms with van der Waals surface area (Å²) < 4.78 is 5.49. The molecular weight excluding hydrogens is 226 g/mol. The normalized spacial score (nSPS) is 28.5. The molecule has 0 aromatic rings. The Morgan fingerprint density at radius 2 is 1.94 bits per heavy atom. The van der Waals surface area contributed by atoms with Gasteiger partial charge in [0.05, 0.1) is 12.2 Å². The molecule has 1 rings (SSSR count). The molecular formula is C15H31NO2. The number of unbranched alkanes of at least 4 members (excludes halogenated alkanes) is 1. The molecule has 0 bridgehead atoms. The fourth-order valence-electron chi connectivity index (χ4n) is 2.61. The van der Waals surface area contributed by atoms with Crippen molar-refractivity contribution in [3.63, 3.8) is 0 Å². The molecule has 3 heteroatoms. The van der Waals surface area contributed by atoms with Gasteiger partial charge in [-0.2, -0.15) is 0 Å². The molecule has 1 saturated carbocycles. The Labute approximate surface area is 112 Å². The zero-order valence-electron chi connectivity index (χ0n) is 12.2. The molecule has 3 nitrogen and oxygen atoms in total. The third-order valence-corrected chi connectivity index (χ3v) is 4.13. The molecule has 108 valence electrons. The molecule has 2 N–H and O–H groups in total. The van der Waals surface area contributed by atoms with Crippen LogP contribution in [0.1, 0.15) is 58.8 Å². The summed E-state index contributed by atoms with van der Waals surface area (Å²) in [6.45, 7) is 7.61. The first kappa shape index (κ1) is 15.9. The molecule has 0 radical (unpaired) electrons. The highest BCUT2D eigenvalue weighted by atomic mass is 16.5. The van der Waals surface area contributed by atoms with Crippen molar-refractivity contribution in [2.75, 3.05) is 26.3 Å². The van der Waals surface area contributed by atoms with E-state index in [2.05, 4.69) is 19.2 Å². The van der Waals surface area contributed by atoms with Gasteiger partial charge in [-0.25, -0.2) is 0 Å². The van der Waals surface area contributed by atoms with Crippen LogP contribution in [0, 0.1) is 5.92 Å². The maximum Gasteiger partial charge on any atom is 0.0771 e. The predicted octanol–water partition coefficient (Wildman–Crippen LogP) is 2.72. The summed E-state index contributed by atoms with van der Waals surface area (Å²) in [7, 11) is 0. The monoisotopic (exact) mass is 257 g/mol. The van der Waals surface area contributed by atoms with Crippen molar-refractivity contribution in [1.82, 2.24) is 5.32 Å². The van der Waals surface area contributed by atoms with E-state index >= 15 is 0 Å². The molecule has 1 fully saturated rings. The van der Waals surface area contributed by atoms with Crippen LogP contribution in [0.15, 0.2) is 0 Å². The smallest absolute Gasteiger partial charge is 0.0771 e. The Morgan fingerprint density at radius 3 is 2.56 bits per heavy atom. The lowest BCUT2D eigenvalue weighted by Crippen LogP contribution is -2.44. The van der Waals surface area contributed by atoms with E-state index in [0.29, 0.717) is 0 Å². The molecule has 18 heavy (non-hydrogen) atoms. The minimum Gasteiger partial charge on any atom is -0.389 e. The first-order valence-electron chi connectivity index (χ1n) is 7.71. The summed E-state index contributed by atoms with van der Waals surface area (Å²) in [5, 5.41) is 13.8. The lowest BCUT2D eigenvalue weighted by molar-refractivity contribution is -0.00978. The van der Waals surface area contributed by atoms with E-state index in [-0.39, 0.29) is 0 Å². The van der Waals surface area contributed by atoms with Gasteiger partial charge < -0.3 is 15.2 Å². The van der Waals surface area contributed by atoms with Crippen molar-refractivity contribution in [2.45, 2.75) is 64.4 Å². The SMILES string of the molecule is CCCCOCCNCC1(O)CCC(CC)CC1. The Kier molecular flexibility index (Phi) is 7.87. The number of rotatable bonds is 9. The average Bonchev–Trinajstić information content (AvgIpc) is 2.39. The third-order valence-electron chi connectivity index (χ3n) is 4.13. The van der Waals surface area contributed by atoms with Gasteiger partial charge in [-0.1, -0.05) is 26.7 Å². The van der Waals surface area contributed by atoms with Crippen LogP contribution >= 0.6 is 0 Å². The highest BCUT2D eigenvalue weighted by molar-refractivity contribution is 4.86. The highest BCUT2D eigenvalue weighted by Gasteiger charge is 2.31. The van der Waals surface area contributed by atoms with Gasteiger partial charge in [-0.15, -0.1) is 0 Å². The minimum atomic E-state index is -0.463. The van der Waals surface area contributed by atoms with Gasteiger partial charge in [0.2, 0.25) is 0 Å². The van der Waals surface area contributed by atoms with Gasteiger partial charge in [0.1, 0.15) is 0 Å². The van der Waals surface area contributed by atoms with E-state index in [1.165, 1.54) is 25.7 Å². The lowest BCUT2D eigenvalue weighted by Gasteiger charge is -2.36. The van der Waals surface area contributed by atoms with Gasteiger partial charge in [-0.05, 0) is 38.0 Å². The van der Waals surface area contributed by atoms with Crippen LogP contribution in [-0.2, 0) is 4.74 Å². The molecule has 1 aliphatic rings. The second-order valence-corrected chi connectivity index (χ2v) is 5.72. The second-order valence-electron chi connectivity index (χ2n) is 5.72. The molecule has 0 saturated heterocycles. The maximum absolute atomic E-state index is 10.4. The molecule has 0 unspecified atom stereocenters. The molecule has 0 aromatic heterocycles. The van der Waals surface area contributed by atoms with Crippen LogP contribution in [0.2, 0.25) is 0 Å². The van der Waals surface area contributed by atoms with Gasteiger partial charge in [0.25, 0.3) is 0 Å². The van der Waals surface area contributed by atoms with Crippen molar-refractivity contribution >= 4 is 0 Å². The van der Waals surface area contributed by atoms with E-state index in [1.807, 2.05) is 0 Å². The van der Waals surface area contributed by atoms with E-state index < -0.39 is 5.60 Å². The van der Waals surface area contributed by atoms with Gasteiger partial charge in [0.15, 0.2) is 0 Å². The van der Waals surface area contributed by atoms with Crippen LogP contribution in [0.5, 0.6) is 0 Å². The number of ether oxygens (including phenoxy) is 1. The summed E-state index contributed by atoms with van der Waals surface area (Å²) in [6, 6.07) is 0. The molecule has 0 atom stereocenters. The molecule has 0 aliphatic heterocycles. The van der Waals surface area contributed by atoms with Crippen molar-refractivity contribution in [3.05, 3.63) is 0 Å². The molecule has 0 aromatic carbocycles. The number of aliphatic hydroxyl groups is 1. The van der Waals surface area contributed by atoms with Crippen LogP contribution in [0.25, 0.3) is 0 Å². The van der Waals surface area contributed by atoms with E-state index in [0.717, 1.165) is 51.5 Å². The molecule has 0 amide bonds. The van der Waals surface area contributed by atoms with Gasteiger partial charge in [0, 0.05) is 19.7 Å². The first-order valence-corrected chi connectivity index (χ1v) is 7.71. The topological polar surface area (TPSA) is 41.5 Å². The van der Waals surface area contributed by atoms with Gasteiger partial charge in [-0.3, -0.25) is 0 Å². The van der Waals surface area contributed by atoms with E-state index in [1.54, 1.807) is 0 Å². The first-order chi connectivity index (χ1) is 8.70. The predicted molar refractivity (Wildman–Crippen MR) is 75.8 cm³/mol. The Hall–Kier alpha value is -0.120. The summed E-state index contributed by atoms with van der Waals surface area (Å²) >= 11 is 0. The quantitative estimate of drug-likeness (QED) is 0.624. The zero-order chi connectivity index (χ0) is 13.3. The highest BCUT2D eigenvalue weighted by Crippen LogP contribution is 2.33. The third kappa shape index (κ3) is 6.17. The van der Waals surface area contributed by atoms with Gasteiger partial charge >= 0.3 is 0 Å². The van der Waals surface area contributed by atoms with Crippen LogP contribution in [0.3, 0.4) is 0 Å². The largest absolute Gasteiger partial charge is 0.389 e. The summed E-state index contributed by atoms with van der Waals surface area (Å²) in [4.78, 5) is 0. The average molecular weight is 257 g/mol. The Balaban J connectivity index is 2.01. The molecule has 0 spiro atoms. The summed E-state index contributed by atoms with van der Waals surface area (Å²) in [6.07, 6.45) is 7.86. The number of hydrogen-bond donors (Lipinski definition) is 2. The Bertz CT molecular complexity index is 201. The van der Waals surface area contributed by atoms with Crippen molar-refractivity contribution in [3.8, 4) is 0 Å². The maximum atomic E-state index is 10.4. The molecule has 0 heterocycles. The van der Waals surface area contributed by atoms with Crippen molar-refractivity contribution in [2.24, 2.45) is 5.92 Å². The lowest BCUT2D eigenvalue weighted by atomic mass is 9.78. The van der Waals surface area contributed by atoms with Crippen LogP contribution in [0.4, 0.5) is 0 Å². The summed E-state index contributed by atoms with van der Waals surface area (Å²) in [5.74, 6) is 0.836. The van der Waals surface area contributed by atoms with E-state index in [9.17, 15) is 5.11 Å². The number of hydrogen-bond acceptors (Lipinski definition) is 3. The zero-order valence-corrected chi connectivity index (χ0v) is 12.2. The standard InChI is InChI=1S/C15H31NO2/c1-3-5-11-18-12-10-16-13-15(17)8-6-14(4-2)7-9-15/h14,16-17H,3-13H2,1-2H3. The fourth-order valence-corrected chi connectivity index (χ4v) is 2.61. The van der Waals surface area contributed by atoms with E-state index in [4.69, 9.17) is 4.74 Å². The Morgan fingerprint density at radius 1 is 1.22 bits per heavy atom. The van der Waals surface area contributed by atoms with Crippen LogP contribution < -0.4 is 5.32 Å². The van der Waals surface area contributed by atoms with Crippen molar-refractivity contribution in [1.29, 1.82) is 0 Å². The van der Waals surface area contributed by atoms with Crippen LogP contribution in [-0.4, -0.2) is 37.0 Å².